The molecule has 0 saturated carbocycles. The molecule has 20 heavy (non-hydrogen) atoms. The lowest BCUT2D eigenvalue weighted by Crippen LogP contribution is -2.32. The Morgan fingerprint density at radius 2 is 2.10 bits per heavy atom. The average molecular weight is 299 g/mol. The lowest BCUT2D eigenvalue weighted by Gasteiger charge is -2.22. The molecule has 2 heterocycles. The Bertz CT molecular complexity index is 430. The van der Waals surface area contributed by atoms with Crippen LogP contribution < -0.4 is 4.90 Å². The van der Waals surface area contributed by atoms with Gasteiger partial charge in [-0.1, -0.05) is 18.5 Å². The summed E-state index contributed by atoms with van der Waals surface area (Å²) in [6.45, 7) is 6.95. The van der Waals surface area contributed by atoms with Gasteiger partial charge >= 0.3 is 0 Å². The Labute approximate surface area is 125 Å². The highest BCUT2D eigenvalue weighted by Crippen LogP contribution is 2.18. The molecule has 0 aliphatic carbocycles. The smallest absolute Gasteiger partial charge is 0.134 e. The summed E-state index contributed by atoms with van der Waals surface area (Å²) in [6.07, 6.45) is 2.95. The van der Waals surface area contributed by atoms with Gasteiger partial charge in [-0.25, -0.2) is 9.97 Å². The molecule has 0 aromatic carbocycles. The third-order valence-corrected chi connectivity index (χ3v) is 3.72. The molecule has 1 aliphatic heterocycles. The van der Waals surface area contributed by atoms with E-state index >= 15 is 0 Å². The molecule has 0 spiro atoms. The van der Waals surface area contributed by atoms with Crippen molar-refractivity contribution in [3.05, 3.63) is 17.0 Å². The molecule has 112 valence electrons. The molecule has 1 aromatic rings. The van der Waals surface area contributed by atoms with Crippen molar-refractivity contribution in [2.75, 3.05) is 44.2 Å². The van der Waals surface area contributed by atoms with Crippen LogP contribution in [-0.2, 0) is 6.42 Å². The predicted molar refractivity (Wildman–Crippen MR) is 81.4 cm³/mol. The maximum absolute atomic E-state index is 9.03. The van der Waals surface area contributed by atoms with E-state index in [0.717, 1.165) is 63.6 Å². The van der Waals surface area contributed by atoms with Gasteiger partial charge in [0.15, 0.2) is 0 Å². The normalized spacial score (nSPS) is 17.2. The van der Waals surface area contributed by atoms with E-state index in [1.54, 1.807) is 0 Å². The summed E-state index contributed by atoms with van der Waals surface area (Å²) >= 11 is 6.10. The number of halogens is 1. The second-order valence-corrected chi connectivity index (χ2v) is 5.51. The molecular formula is C14H23ClN4O. The van der Waals surface area contributed by atoms with Gasteiger partial charge in [0, 0.05) is 38.7 Å². The van der Waals surface area contributed by atoms with Gasteiger partial charge in [0.2, 0.25) is 0 Å². The number of β-amino-alcohol motifs (C(OH)–C–C–N with tert-alkyl or cyclic N) is 1. The van der Waals surface area contributed by atoms with Crippen LogP contribution in [0.1, 0.15) is 25.6 Å². The van der Waals surface area contributed by atoms with Crippen LogP contribution in [0, 0.1) is 0 Å². The molecule has 1 saturated heterocycles. The van der Waals surface area contributed by atoms with Crippen molar-refractivity contribution in [1.82, 2.24) is 14.9 Å². The standard InChI is InChI=1S/C14H23ClN4O/c1-2-4-13-16-12(15)11-14(17-13)19-6-3-5-18(7-8-19)9-10-20/h11,20H,2-10H2,1H3. The summed E-state index contributed by atoms with van der Waals surface area (Å²) in [6, 6.07) is 1.85. The summed E-state index contributed by atoms with van der Waals surface area (Å²) in [5.41, 5.74) is 0. The second kappa shape index (κ2) is 7.76. The third kappa shape index (κ3) is 4.30. The summed E-state index contributed by atoms with van der Waals surface area (Å²) < 4.78 is 0. The molecule has 0 amide bonds. The number of rotatable bonds is 5. The van der Waals surface area contributed by atoms with Gasteiger partial charge in [-0.2, -0.15) is 0 Å². The van der Waals surface area contributed by atoms with Crippen molar-refractivity contribution < 1.29 is 5.11 Å². The lowest BCUT2D eigenvalue weighted by atomic mass is 10.3. The van der Waals surface area contributed by atoms with E-state index in [4.69, 9.17) is 16.7 Å². The van der Waals surface area contributed by atoms with Gasteiger partial charge in [0.05, 0.1) is 6.61 Å². The Kier molecular flexibility index (Phi) is 6.01. The maximum Gasteiger partial charge on any atom is 0.134 e. The topological polar surface area (TPSA) is 52.5 Å². The van der Waals surface area contributed by atoms with E-state index in [2.05, 4.69) is 26.7 Å². The van der Waals surface area contributed by atoms with Crippen molar-refractivity contribution in [2.45, 2.75) is 26.2 Å². The highest BCUT2D eigenvalue weighted by Gasteiger charge is 2.16. The molecule has 0 atom stereocenters. The molecule has 1 aromatic heterocycles. The SMILES string of the molecule is CCCc1nc(Cl)cc(N2CCCN(CCO)CC2)n1. The van der Waals surface area contributed by atoms with Crippen LogP contribution in [-0.4, -0.2) is 59.3 Å². The van der Waals surface area contributed by atoms with Gasteiger partial charge < -0.3 is 10.0 Å². The Morgan fingerprint density at radius 3 is 2.85 bits per heavy atom. The summed E-state index contributed by atoms with van der Waals surface area (Å²) in [5.74, 6) is 1.76. The van der Waals surface area contributed by atoms with Crippen LogP contribution in [0.2, 0.25) is 5.15 Å². The Balaban J connectivity index is 2.07. The molecule has 1 fully saturated rings. The largest absolute Gasteiger partial charge is 0.395 e. The molecular weight excluding hydrogens is 276 g/mol. The van der Waals surface area contributed by atoms with Crippen LogP contribution in [0.3, 0.4) is 0 Å². The first-order valence-electron chi connectivity index (χ1n) is 7.34. The van der Waals surface area contributed by atoms with Crippen LogP contribution in [0.25, 0.3) is 0 Å². The van der Waals surface area contributed by atoms with E-state index in [-0.39, 0.29) is 6.61 Å². The predicted octanol–water partition coefficient (Wildman–Crippen LogP) is 1.59. The zero-order valence-corrected chi connectivity index (χ0v) is 12.8. The number of aryl methyl sites for hydroxylation is 1. The molecule has 6 heteroatoms. The van der Waals surface area contributed by atoms with Crippen LogP contribution in [0.15, 0.2) is 6.07 Å². The summed E-state index contributed by atoms with van der Waals surface area (Å²) in [5, 5.41) is 9.55. The summed E-state index contributed by atoms with van der Waals surface area (Å²) in [7, 11) is 0. The molecule has 5 nitrogen and oxygen atoms in total. The zero-order valence-electron chi connectivity index (χ0n) is 12.1. The van der Waals surface area contributed by atoms with E-state index in [9.17, 15) is 0 Å². The van der Waals surface area contributed by atoms with E-state index in [1.807, 2.05) is 6.07 Å². The Morgan fingerprint density at radius 1 is 1.25 bits per heavy atom. The van der Waals surface area contributed by atoms with Gasteiger partial charge in [-0.05, 0) is 19.4 Å². The zero-order chi connectivity index (χ0) is 14.4. The first-order chi connectivity index (χ1) is 9.72. The van der Waals surface area contributed by atoms with Gasteiger partial charge in [-0.3, -0.25) is 4.90 Å². The minimum atomic E-state index is 0.222. The fraction of sp³-hybridized carbons (Fsp3) is 0.714. The average Bonchev–Trinajstić information content (AvgIpc) is 2.65. The van der Waals surface area contributed by atoms with E-state index in [1.165, 1.54) is 0 Å². The van der Waals surface area contributed by atoms with Gasteiger partial charge in [0.1, 0.15) is 16.8 Å². The number of hydrogen-bond donors (Lipinski definition) is 1. The van der Waals surface area contributed by atoms with Crippen molar-refractivity contribution in [3.8, 4) is 0 Å². The fourth-order valence-corrected chi connectivity index (χ4v) is 2.71. The molecule has 2 rings (SSSR count). The maximum atomic E-state index is 9.03. The minimum Gasteiger partial charge on any atom is -0.395 e. The van der Waals surface area contributed by atoms with Crippen molar-refractivity contribution >= 4 is 17.4 Å². The van der Waals surface area contributed by atoms with Gasteiger partial charge in [-0.15, -0.1) is 0 Å². The van der Waals surface area contributed by atoms with Crippen LogP contribution in [0.4, 0.5) is 5.82 Å². The number of nitrogens with zero attached hydrogens (tertiary/aromatic N) is 4. The molecule has 1 aliphatic rings. The Hall–Kier alpha value is -0.910. The fourth-order valence-electron chi connectivity index (χ4n) is 2.51. The highest BCUT2D eigenvalue weighted by atomic mass is 35.5. The monoisotopic (exact) mass is 298 g/mol. The summed E-state index contributed by atoms with van der Waals surface area (Å²) in [4.78, 5) is 13.4. The molecule has 0 unspecified atom stereocenters. The van der Waals surface area contributed by atoms with Crippen LogP contribution >= 0.6 is 11.6 Å². The number of aliphatic hydroxyl groups is 1. The third-order valence-electron chi connectivity index (χ3n) is 3.53. The number of anilines is 1. The number of hydrogen-bond acceptors (Lipinski definition) is 5. The van der Waals surface area contributed by atoms with Crippen molar-refractivity contribution in [2.24, 2.45) is 0 Å². The highest BCUT2D eigenvalue weighted by molar-refractivity contribution is 6.29. The number of aromatic nitrogens is 2. The first-order valence-corrected chi connectivity index (χ1v) is 7.72. The molecule has 0 bridgehead atoms. The minimum absolute atomic E-state index is 0.222. The van der Waals surface area contributed by atoms with E-state index < -0.39 is 0 Å². The quantitative estimate of drug-likeness (QED) is 0.837. The van der Waals surface area contributed by atoms with E-state index in [0.29, 0.717) is 5.15 Å². The number of aliphatic hydroxyl groups excluding tert-OH is 1. The lowest BCUT2D eigenvalue weighted by molar-refractivity contribution is 0.204. The first kappa shape index (κ1) is 15.5. The molecule has 1 N–H and O–H groups in total. The van der Waals surface area contributed by atoms with Crippen molar-refractivity contribution in [3.63, 3.8) is 0 Å². The second-order valence-electron chi connectivity index (χ2n) is 5.12. The van der Waals surface area contributed by atoms with Crippen LogP contribution in [0.5, 0.6) is 0 Å². The van der Waals surface area contributed by atoms with Gasteiger partial charge in [0.25, 0.3) is 0 Å². The van der Waals surface area contributed by atoms with Crippen molar-refractivity contribution in [1.29, 1.82) is 0 Å². The molecule has 0 radical (unpaired) electrons.